The van der Waals surface area contributed by atoms with Gasteiger partial charge in [-0.1, -0.05) is 0 Å². The largest absolute Gasteiger partial charge is 0.455 e. The van der Waals surface area contributed by atoms with Gasteiger partial charge in [0.25, 0.3) is 6.10 Å². The molecule has 19 heavy (non-hydrogen) atoms. The Bertz CT molecular complexity index is 439. The van der Waals surface area contributed by atoms with E-state index in [0.29, 0.717) is 0 Å². The Morgan fingerprint density at radius 2 is 1.68 bits per heavy atom. The minimum absolute atomic E-state index is 0.0444. The summed E-state index contributed by atoms with van der Waals surface area (Å²) in [5.74, 6) is -1.30. The van der Waals surface area contributed by atoms with Crippen LogP contribution in [0, 0.1) is 5.41 Å². The number of aromatic nitrogens is 1. The molecule has 0 aliphatic carbocycles. The molecule has 3 N–H and O–H groups in total. The van der Waals surface area contributed by atoms with Gasteiger partial charge >= 0.3 is 12.4 Å². The number of rotatable bonds is 3. The Morgan fingerprint density at radius 3 is 2.00 bits per heavy atom. The second kappa shape index (κ2) is 4.94. The van der Waals surface area contributed by atoms with Crippen LogP contribution in [0.25, 0.3) is 0 Å². The molecule has 0 saturated carbocycles. The van der Waals surface area contributed by atoms with Crippen molar-refractivity contribution in [3.63, 3.8) is 0 Å². The minimum Gasteiger partial charge on any atom is -0.455 e. The van der Waals surface area contributed by atoms with Gasteiger partial charge in [-0.2, -0.15) is 26.3 Å². The van der Waals surface area contributed by atoms with Gasteiger partial charge in [-0.15, -0.1) is 0 Å². The lowest BCUT2D eigenvalue weighted by molar-refractivity contribution is -0.300. The molecule has 1 aromatic rings. The highest BCUT2D eigenvalue weighted by Crippen LogP contribution is 2.35. The number of nitrogens with one attached hydrogen (secondary N) is 1. The number of hydrogen-bond donors (Lipinski definition) is 2. The van der Waals surface area contributed by atoms with Gasteiger partial charge in [-0.3, -0.25) is 5.41 Å². The summed E-state index contributed by atoms with van der Waals surface area (Å²) in [7, 11) is 0. The van der Waals surface area contributed by atoms with E-state index in [2.05, 4.69) is 9.72 Å². The van der Waals surface area contributed by atoms with Crippen molar-refractivity contribution in [1.29, 1.82) is 5.41 Å². The van der Waals surface area contributed by atoms with E-state index < -0.39 is 30.2 Å². The smallest absolute Gasteiger partial charge is 0.434 e. The van der Waals surface area contributed by atoms with Crippen LogP contribution in [0.1, 0.15) is 5.56 Å². The van der Waals surface area contributed by atoms with Gasteiger partial charge < -0.3 is 10.5 Å². The summed E-state index contributed by atoms with van der Waals surface area (Å²) in [6, 6.07) is 1.79. The van der Waals surface area contributed by atoms with Crippen LogP contribution in [0.3, 0.4) is 0 Å². The predicted molar refractivity (Wildman–Crippen MR) is 51.8 cm³/mol. The van der Waals surface area contributed by atoms with Crippen LogP contribution in [0.5, 0.6) is 5.88 Å². The topological polar surface area (TPSA) is 72.0 Å². The Kier molecular flexibility index (Phi) is 3.91. The number of pyridine rings is 1. The van der Waals surface area contributed by atoms with Crippen molar-refractivity contribution in [3.8, 4) is 5.88 Å². The average Bonchev–Trinajstić information content (AvgIpc) is 2.23. The van der Waals surface area contributed by atoms with Gasteiger partial charge in [-0.25, -0.2) is 4.98 Å². The lowest BCUT2D eigenvalue weighted by atomic mass is 10.2. The van der Waals surface area contributed by atoms with Crippen LogP contribution >= 0.6 is 0 Å². The van der Waals surface area contributed by atoms with Gasteiger partial charge in [0.15, 0.2) is 0 Å². The first-order valence-electron chi connectivity index (χ1n) is 4.62. The third kappa shape index (κ3) is 4.00. The normalized spacial score (nSPS) is 12.6. The van der Waals surface area contributed by atoms with E-state index >= 15 is 0 Å². The number of halogens is 6. The number of ether oxygens (including phenoxy) is 1. The first kappa shape index (κ1) is 15.1. The Balaban J connectivity index is 2.95. The van der Waals surface area contributed by atoms with Gasteiger partial charge in [0, 0.05) is 17.8 Å². The molecule has 0 saturated heterocycles. The van der Waals surface area contributed by atoms with Gasteiger partial charge in [0.2, 0.25) is 5.88 Å². The first-order chi connectivity index (χ1) is 8.51. The number of nitrogen functional groups attached to an aromatic ring is 1. The molecular formula is C9H7F6N3O. The lowest BCUT2D eigenvalue weighted by Crippen LogP contribution is -2.46. The van der Waals surface area contributed by atoms with Crippen LogP contribution in [0.15, 0.2) is 18.3 Å². The standard InChI is InChI=1S/C9H7F6N3O/c10-8(11,12)7(9(13,14)15)19-5-2-1-4(3-18-5)6(16)17/h1-3,7H,(H3,16,17). The summed E-state index contributed by atoms with van der Waals surface area (Å²) in [5, 5.41) is 6.98. The van der Waals surface area contributed by atoms with Gasteiger partial charge in [-0.05, 0) is 6.07 Å². The molecule has 0 aliphatic rings. The molecule has 106 valence electrons. The average molecular weight is 287 g/mol. The summed E-state index contributed by atoms with van der Waals surface area (Å²) in [4.78, 5) is 3.22. The fourth-order valence-electron chi connectivity index (χ4n) is 1.05. The second-order valence-electron chi connectivity index (χ2n) is 3.38. The summed E-state index contributed by atoms with van der Waals surface area (Å²) in [6.45, 7) is 0. The molecule has 0 bridgehead atoms. The molecular weight excluding hydrogens is 280 g/mol. The quantitative estimate of drug-likeness (QED) is 0.509. The van der Waals surface area contributed by atoms with E-state index in [1.165, 1.54) is 0 Å². The number of hydrogen-bond acceptors (Lipinski definition) is 3. The van der Waals surface area contributed by atoms with Crippen molar-refractivity contribution in [2.45, 2.75) is 18.5 Å². The molecule has 1 aromatic heterocycles. The summed E-state index contributed by atoms with van der Waals surface area (Å²) in [6.07, 6.45) is -14.4. The Morgan fingerprint density at radius 1 is 1.16 bits per heavy atom. The molecule has 1 rings (SSSR count). The lowest BCUT2D eigenvalue weighted by Gasteiger charge is -2.23. The van der Waals surface area contributed by atoms with Crippen molar-refractivity contribution < 1.29 is 31.1 Å². The van der Waals surface area contributed by atoms with Crippen LogP contribution in [0.4, 0.5) is 26.3 Å². The van der Waals surface area contributed by atoms with E-state index in [4.69, 9.17) is 11.1 Å². The van der Waals surface area contributed by atoms with Crippen LogP contribution in [-0.2, 0) is 0 Å². The highest BCUT2D eigenvalue weighted by atomic mass is 19.4. The fraction of sp³-hybridized carbons (Fsp3) is 0.333. The number of nitrogens with two attached hydrogens (primary N) is 1. The molecule has 0 unspecified atom stereocenters. The molecule has 0 aliphatic heterocycles. The minimum atomic E-state index is -5.61. The van der Waals surface area contributed by atoms with Crippen molar-refractivity contribution >= 4 is 5.84 Å². The molecule has 0 fully saturated rings. The number of amidine groups is 1. The highest BCUT2D eigenvalue weighted by Gasteiger charge is 2.59. The van der Waals surface area contributed by atoms with Crippen LogP contribution in [0.2, 0.25) is 0 Å². The van der Waals surface area contributed by atoms with Crippen molar-refractivity contribution in [1.82, 2.24) is 4.98 Å². The van der Waals surface area contributed by atoms with Crippen molar-refractivity contribution in [3.05, 3.63) is 23.9 Å². The van der Waals surface area contributed by atoms with Gasteiger partial charge in [0.1, 0.15) is 5.84 Å². The summed E-state index contributed by atoms with van der Waals surface area (Å²) in [5.41, 5.74) is 5.09. The second-order valence-corrected chi connectivity index (χ2v) is 3.38. The molecule has 4 nitrogen and oxygen atoms in total. The summed E-state index contributed by atoms with van der Waals surface area (Å²) >= 11 is 0. The van der Waals surface area contributed by atoms with Crippen molar-refractivity contribution in [2.24, 2.45) is 5.73 Å². The van der Waals surface area contributed by atoms with Crippen LogP contribution in [-0.4, -0.2) is 29.3 Å². The fourth-order valence-corrected chi connectivity index (χ4v) is 1.05. The Hall–Kier alpha value is -2.00. The monoisotopic (exact) mass is 287 g/mol. The zero-order valence-electron chi connectivity index (χ0n) is 9.01. The maximum absolute atomic E-state index is 12.2. The maximum Gasteiger partial charge on any atom is 0.434 e. The molecule has 10 heteroatoms. The first-order valence-corrected chi connectivity index (χ1v) is 4.62. The van der Waals surface area contributed by atoms with E-state index in [1.54, 1.807) is 0 Å². The highest BCUT2D eigenvalue weighted by molar-refractivity contribution is 5.94. The molecule has 0 amide bonds. The number of nitrogens with zero attached hydrogens (tertiary/aromatic N) is 1. The van der Waals surface area contributed by atoms with Gasteiger partial charge in [0.05, 0.1) is 0 Å². The molecule has 1 heterocycles. The predicted octanol–water partition coefficient (Wildman–Crippen LogP) is 2.24. The van der Waals surface area contributed by atoms with E-state index in [1.807, 2.05) is 0 Å². The zero-order chi connectivity index (χ0) is 14.8. The van der Waals surface area contributed by atoms with Crippen molar-refractivity contribution in [2.75, 3.05) is 0 Å². The van der Waals surface area contributed by atoms with Crippen LogP contribution < -0.4 is 10.5 Å². The number of alkyl halides is 6. The maximum atomic E-state index is 12.2. The SMILES string of the molecule is N=C(N)c1ccc(OC(C(F)(F)F)C(F)(F)F)nc1. The van der Waals surface area contributed by atoms with E-state index in [-0.39, 0.29) is 5.56 Å². The van der Waals surface area contributed by atoms with E-state index in [0.717, 1.165) is 18.3 Å². The molecule has 0 spiro atoms. The molecule has 0 atom stereocenters. The zero-order valence-corrected chi connectivity index (χ0v) is 9.01. The third-order valence-electron chi connectivity index (χ3n) is 1.88. The summed E-state index contributed by atoms with van der Waals surface area (Å²) < 4.78 is 76.9. The molecule has 0 radical (unpaired) electrons. The Labute approximate surface area is 102 Å². The molecule has 0 aromatic carbocycles. The third-order valence-corrected chi connectivity index (χ3v) is 1.88. The van der Waals surface area contributed by atoms with E-state index in [9.17, 15) is 26.3 Å².